The average molecular weight is 552 g/mol. The summed E-state index contributed by atoms with van der Waals surface area (Å²) in [7, 11) is 0. The van der Waals surface area contributed by atoms with Gasteiger partial charge in [0.1, 0.15) is 18.3 Å². The van der Waals surface area contributed by atoms with E-state index >= 15 is 0 Å². The molecule has 0 aliphatic heterocycles. The molecule has 3 aromatic rings. The molecule has 1 amide bonds. The normalized spacial score (nSPS) is 12.4. The van der Waals surface area contributed by atoms with E-state index in [1.165, 1.54) is 26.2 Å². The Kier molecular flexibility index (Phi) is 10.4. The van der Waals surface area contributed by atoms with Crippen LogP contribution >= 0.6 is 0 Å². The minimum atomic E-state index is -1.66. The largest absolute Gasteiger partial charge is 0.478 e. The fourth-order valence-corrected chi connectivity index (χ4v) is 3.09. The highest BCUT2D eigenvalue weighted by Gasteiger charge is 2.27. The van der Waals surface area contributed by atoms with Crippen LogP contribution in [0.5, 0.6) is 0 Å². The number of aliphatic carboxylic acids is 2. The molecule has 208 valence electrons. The zero-order valence-electron chi connectivity index (χ0n) is 21.7. The molecule has 13 nitrogen and oxygen atoms in total. The Hall–Kier alpha value is -5.34. The number of aromatic nitrogens is 3. The predicted octanol–water partition coefficient (Wildman–Crippen LogP) is 2.14. The van der Waals surface area contributed by atoms with Gasteiger partial charge in [0.2, 0.25) is 0 Å². The Morgan fingerprint density at radius 1 is 1.15 bits per heavy atom. The lowest BCUT2D eigenvalue weighted by atomic mass is 10.0. The number of anilines is 1. The van der Waals surface area contributed by atoms with Gasteiger partial charge < -0.3 is 26.0 Å². The van der Waals surface area contributed by atoms with E-state index in [1.807, 2.05) is 12.1 Å². The third-order valence-corrected chi connectivity index (χ3v) is 5.18. The number of carbonyl (C=O) groups excluding carboxylic acids is 1. The van der Waals surface area contributed by atoms with Crippen molar-refractivity contribution in [3.8, 4) is 23.5 Å². The summed E-state index contributed by atoms with van der Waals surface area (Å²) in [6.07, 6.45) is 2.22. The predicted molar refractivity (Wildman–Crippen MR) is 140 cm³/mol. The van der Waals surface area contributed by atoms with Crippen molar-refractivity contribution in [2.45, 2.75) is 38.6 Å². The number of nitriles is 2. The van der Waals surface area contributed by atoms with Gasteiger partial charge in [-0.05, 0) is 45.0 Å². The van der Waals surface area contributed by atoms with E-state index in [2.05, 4.69) is 20.7 Å². The number of hydrogen-bond donors (Lipinski definition) is 5. The summed E-state index contributed by atoms with van der Waals surface area (Å²) in [6, 6.07) is 10.3. The van der Waals surface area contributed by atoms with Gasteiger partial charge in [-0.15, -0.1) is 0 Å². The van der Waals surface area contributed by atoms with Gasteiger partial charge >= 0.3 is 11.9 Å². The van der Waals surface area contributed by atoms with Gasteiger partial charge in [-0.25, -0.2) is 18.5 Å². The molecule has 0 radical (unpaired) electrons. The van der Waals surface area contributed by atoms with E-state index in [1.54, 1.807) is 35.7 Å². The summed E-state index contributed by atoms with van der Waals surface area (Å²) in [4.78, 5) is 36.1. The van der Waals surface area contributed by atoms with E-state index in [4.69, 9.17) is 15.5 Å². The molecule has 0 saturated carbocycles. The number of halogens is 1. The molecule has 5 N–H and O–H groups in total. The molecule has 0 bridgehead atoms. The highest BCUT2D eigenvalue weighted by Crippen LogP contribution is 2.26. The fraction of sp³-hybridized carbons (Fsp3) is 0.269. The van der Waals surface area contributed by atoms with Crippen LogP contribution in [-0.2, 0) is 9.59 Å². The lowest BCUT2D eigenvalue weighted by Gasteiger charge is -2.22. The second-order valence-corrected chi connectivity index (χ2v) is 8.86. The third kappa shape index (κ3) is 8.61. The number of hydrogen-bond acceptors (Lipinski definition) is 9. The van der Waals surface area contributed by atoms with Gasteiger partial charge in [0.15, 0.2) is 0 Å². The summed E-state index contributed by atoms with van der Waals surface area (Å²) in [5.41, 5.74) is 1.08. The van der Waals surface area contributed by atoms with Gasteiger partial charge in [-0.1, -0.05) is 0 Å². The Bertz CT molecular complexity index is 1500. The molecule has 40 heavy (non-hydrogen) atoms. The molecule has 2 atom stereocenters. The van der Waals surface area contributed by atoms with Crippen molar-refractivity contribution in [2.24, 2.45) is 0 Å². The van der Waals surface area contributed by atoms with Gasteiger partial charge in [-0.2, -0.15) is 15.6 Å². The molecule has 3 rings (SSSR count). The van der Waals surface area contributed by atoms with Crippen LogP contribution in [0.3, 0.4) is 0 Å². The molecule has 0 aliphatic rings. The number of carbonyl (C=O) groups is 3. The number of rotatable bonds is 9. The minimum Gasteiger partial charge on any atom is -0.478 e. The van der Waals surface area contributed by atoms with Crippen molar-refractivity contribution < 1.29 is 34.1 Å². The smallest absolute Gasteiger partial charge is 0.328 e. The first kappa shape index (κ1) is 30.9. The molecular formula is C26H26FN7O6. The maximum atomic E-state index is 14.0. The monoisotopic (exact) mass is 551 g/mol. The van der Waals surface area contributed by atoms with Crippen LogP contribution in [0, 0.1) is 22.7 Å². The standard InChI is InChI=1S/C22H22FN7O2.C4H4O4/c1-13(8-24)29-17-7-18(19-5-4-15-6-14(9-25)10-28-30(15)19)26-11-16(17)21(31)27-12-20(23)22(2,3)32;5-3(6)1-2-4(7)8/h4-7,10-11,13,20,32H,12H2,1-3H3,(H,26,29)(H,27,31);1-2H,(H,5,6)(H,7,8)/b;2-1-/t13-,20-;/m1./s1. The number of carboxylic acids is 2. The molecule has 0 saturated heterocycles. The molecular weight excluding hydrogens is 525 g/mol. The fourth-order valence-electron chi connectivity index (χ4n) is 3.09. The maximum absolute atomic E-state index is 14.0. The number of aliphatic hydroxyl groups is 1. The van der Waals surface area contributed by atoms with Crippen LogP contribution in [0.2, 0.25) is 0 Å². The molecule has 3 heterocycles. The number of pyridine rings is 1. The SMILES string of the molecule is C[C@H](C#N)Nc1cc(-c2ccc3cc(C#N)cnn23)ncc1C(=O)NC[C@@H](F)C(C)(C)O.O=C(O)/C=C\C(=O)O. The van der Waals surface area contributed by atoms with Crippen LogP contribution in [0.1, 0.15) is 36.7 Å². The Labute approximate surface area is 227 Å². The number of nitrogens with one attached hydrogen (secondary N) is 2. The first-order chi connectivity index (χ1) is 18.8. The van der Waals surface area contributed by atoms with E-state index in [9.17, 15) is 29.1 Å². The average Bonchev–Trinajstić information content (AvgIpc) is 3.33. The van der Waals surface area contributed by atoms with Crippen LogP contribution in [0.25, 0.3) is 16.9 Å². The Morgan fingerprint density at radius 3 is 2.35 bits per heavy atom. The van der Waals surface area contributed by atoms with E-state index in [0.29, 0.717) is 40.3 Å². The molecule has 3 aromatic heterocycles. The summed E-state index contributed by atoms with van der Waals surface area (Å²) in [6.45, 7) is 3.88. The van der Waals surface area contributed by atoms with Crippen LogP contribution in [0.15, 0.2) is 48.8 Å². The van der Waals surface area contributed by atoms with E-state index in [0.717, 1.165) is 0 Å². The summed E-state index contributed by atoms with van der Waals surface area (Å²) >= 11 is 0. The highest BCUT2D eigenvalue weighted by molar-refractivity contribution is 6.00. The van der Waals surface area contributed by atoms with Gasteiger partial charge in [0.05, 0.1) is 58.1 Å². The number of fused-ring (bicyclic) bond motifs is 1. The van der Waals surface area contributed by atoms with Crippen molar-refractivity contribution >= 4 is 29.0 Å². The van der Waals surface area contributed by atoms with Crippen LogP contribution in [-0.4, -0.2) is 72.1 Å². The molecule has 0 aromatic carbocycles. The Morgan fingerprint density at radius 2 is 1.80 bits per heavy atom. The summed E-state index contributed by atoms with van der Waals surface area (Å²) < 4.78 is 15.6. The second kappa shape index (κ2) is 13.5. The summed E-state index contributed by atoms with van der Waals surface area (Å²) in [5, 5.41) is 53.2. The topological polar surface area (TPSA) is 214 Å². The first-order valence-electron chi connectivity index (χ1n) is 11.6. The number of nitrogens with zero attached hydrogens (tertiary/aromatic N) is 5. The first-order valence-corrected chi connectivity index (χ1v) is 11.6. The van der Waals surface area contributed by atoms with Gasteiger partial charge in [0.25, 0.3) is 5.91 Å². The molecule has 0 spiro atoms. The van der Waals surface area contributed by atoms with Crippen molar-refractivity contribution in [2.75, 3.05) is 11.9 Å². The van der Waals surface area contributed by atoms with E-state index in [-0.39, 0.29) is 12.1 Å². The number of amides is 1. The quantitative estimate of drug-likeness (QED) is 0.243. The summed E-state index contributed by atoms with van der Waals surface area (Å²) in [5.74, 6) is -3.11. The van der Waals surface area contributed by atoms with Crippen molar-refractivity contribution in [3.05, 3.63) is 59.9 Å². The number of carboxylic acid groups (broad SMARTS) is 2. The highest BCUT2D eigenvalue weighted by atomic mass is 19.1. The minimum absolute atomic E-state index is 0.124. The molecule has 14 heteroatoms. The third-order valence-electron chi connectivity index (χ3n) is 5.18. The molecule has 0 unspecified atom stereocenters. The lowest BCUT2D eigenvalue weighted by molar-refractivity contribution is -0.134. The zero-order chi connectivity index (χ0) is 30.0. The lowest BCUT2D eigenvalue weighted by Crippen LogP contribution is -2.42. The van der Waals surface area contributed by atoms with Crippen LogP contribution in [0.4, 0.5) is 10.1 Å². The second-order valence-electron chi connectivity index (χ2n) is 8.86. The van der Waals surface area contributed by atoms with Crippen molar-refractivity contribution in [1.29, 1.82) is 10.5 Å². The van der Waals surface area contributed by atoms with Gasteiger partial charge in [-0.3, -0.25) is 9.78 Å². The van der Waals surface area contributed by atoms with Crippen LogP contribution < -0.4 is 10.6 Å². The van der Waals surface area contributed by atoms with Gasteiger partial charge in [0, 0.05) is 18.3 Å². The molecule has 0 aliphatic carbocycles. The molecule has 0 fully saturated rings. The Balaban J connectivity index is 0.000000611. The van der Waals surface area contributed by atoms with Crippen molar-refractivity contribution in [3.63, 3.8) is 0 Å². The zero-order valence-corrected chi connectivity index (χ0v) is 21.7. The number of alkyl halides is 1. The maximum Gasteiger partial charge on any atom is 0.328 e. The van der Waals surface area contributed by atoms with Crippen molar-refractivity contribution in [1.82, 2.24) is 19.9 Å². The van der Waals surface area contributed by atoms with E-state index < -0.39 is 35.7 Å².